The minimum absolute atomic E-state index is 0.0713. The van der Waals surface area contributed by atoms with Crippen LogP contribution in [-0.4, -0.2) is 24.8 Å². The van der Waals surface area contributed by atoms with Gasteiger partial charge in [0.05, 0.1) is 4.75 Å². The van der Waals surface area contributed by atoms with Gasteiger partial charge in [0.15, 0.2) is 0 Å². The molecule has 0 bridgehead atoms. The molecule has 1 N–H and O–H groups in total. The van der Waals surface area contributed by atoms with E-state index in [-0.39, 0.29) is 10.7 Å². The Balaban J connectivity index is 0.984. The second-order valence-corrected chi connectivity index (χ2v) is 14.2. The number of thioether (sulfide) groups is 1. The number of esters is 1. The molecule has 0 amide bonds. The van der Waals surface area contributed by atoms with Gasteiger partial charge in [0.25, 0.3) is 0 Å². The van der Waals surface area contributed by atoms with Gasteiger partial charge in [-0.3, -0.25) is 4.79 Å². The highest BCUT2D eigenvalue weighted by Crippen LogP contribution is 2.48. The lowest BCUT2D eigenvalue weighted by atomic mass is 9.84. The maximum atomic E-state index is 11.9. The maximum Gasteiger partial charge on any atom is 0.306 e. The first-order valence-corrected chi connectivity index (χ1v) is 19.5. The number of benzene rings is 4. The predicted molar refractivity (Wildman–Crippen MR) is 205 cm³/mol. The maximum absolute atomic E-state index is 11.9. The van der Waals surface area contributed by atoms with Crippen molar-refractivity contribution in [1.29, 1.82) is 0 Å². The van der Waals surface area contributed by atoms with Crippen molar-refractivity contribution in [3.63, 3.8) is 0 Å². The Kier molecular flexibility index (Phi) is 18.0. The summed E-state index contributed by atoms with van der Waals surface area (Å²) in [5, 5.41) is 3.73. The van der Waals surface area contributed by atoms with Crippen molar-refractivity contribution in [3.05, 3.63) is 144 Å². The summed E-state index contributed by atoms with van der Waals surface area (Å²) in [7, 11) is 0. The standard InChI is InChI=1S/C44H57NO2S/c46-43(47-38-39-26-16-12-17-27-39)34-24-10-8-6-4-2-1-3-5-7-9-11-25-35-45-36-37-48-44(40-28-18-13-19-29-40,41-30-20-14-21-31-41)42-32-22-15-23-33-42/h12-23,26-33,45H,1-11,24-25,34-38H2. The van der Waals surface area contributed by atoms with Crippen molar-refractivity contribution in [2.75, 3.05) is 18.8 Å². The van der Waals surface area contributed by atoms with Gasteiger partial charge in [-0.2, -0.15) is 0 Å². The second-order valence-electron chi connectivity index (χ2n) is 12.9. The fourth-order valence-electron chi connectivity index (χ4n) is 6.44. The molecule has 4 aromatic rings. The first kappa shape index (κ1) is 37.5. The lowest BCUT2D eigenvalue weighted by molar-refractivity contribution is -0.145. The van der Waals surface area contributed by atoms with Gasteiger partial charge in [-0.05, 0) is 41.6 Å². The Morgan fingerprint density at radius 3 is 1.35 bits per heavy atom. The van der Waals surface area contributed by atoms with E-state index in [4.69, 9.17) is 4.74 Å². The van der Waals surface area contributed by atoms with Gasteiger partial charge in [-0.1, -0.05) is 192 Å². The largest absolute Gasteiger partial charge is 0.461 e. The summed E-state index contributed by atoms with van der Waals surface area (Å²) in [5.41, 5.74) is 5.05. The molecule has 0 saturated heterocycles. The van der Waals surface area contributed by atoms with Crippen molar-refractivity contribution in [2.45, 2.75) is 101 Å². The Labute approximate surface area is 295 Å². The zero-order valence-corrected chi connectivity index (χ0v) is 29.8. The number of nitrogens with one attached hydrogen (secondary N) is 1. The van der Waals surface area contributed by atoms with E-state index in [2.05, 4.69) is 96.3 Å². The Bertz CT molecular complexity index is 1270. The minimum Gasteiger partial charge on any atom is -0.461 e. The van der Waals surface area contributed by atoms with Gasteiger partial charge in [0, 0.05) is 18.7 Å². The molecule has 256 valence electrons. The van der Waals surface area contributed by atoms with Crippen molar-refractivity contribution < 1.29 is 9.53 Å². The van der Waals surface area contributed by atoms with Crippen LogP contribution in [0.2, 0.25) is 0 Å². The number of carbonyl (C=O) groups excluding carboxylic acids is 1. The van der Waals surface area contributed by atoms with Crippen LogP contribution in [-0.2, 0) is 20.9 Å². The van der Waals surface area contributed by atoms with Gasteiger partial charge in [-0.25, -0.2) is 0 Å². The molecule has 0 heterocycles. The highest BCUT2D eigenvalue weighted by Gasteiger charge is 2.36. The summed E-state index contributed by atoms with van der Waals surface area (Å²) in [5.74, 6) is 0.973. The minimum atomic E-state index is -0.230. The van der Waals surface area contributed by atoms with Crippen molar-refractivity contribution >= 4 is 17.7 Å². The fraction of sp³-hybridized carbons (Fsp3) is 0.432. The average molecular weight is 664 g/mol. The number of ether oxygens (including phenoxy) is 1. The summed E-state index contributed by atoms with van der Waals surface area (Å²) < 4.78 is 5.14. The van der Waals surface area contributed by atoms with E-state index < -0.39 is 0 Å². The Morgan fingerprint density at radius 2 is 0.896 bits per heavy atom. The first-order chi connectivity index (χ1) is 23.8. The lowest BCUT2D eigenvalue weighted by Gasteiger charge is -2.35. The molecule has 0 aliphatic heterocycles. The smallest absolute Gasteiger partial charge is 0.306 e. The third-order valence-electron chi connectivity index (χ3n) is 9.12. The normalized spacial score (nSPS) is 11.4. The number of carbonyl (C=O) groups is 1. The van der Waals surface area contributed by atoms with Crippen LogP contribution in [0.3, 0.4) is 0 Å². The van der Waals surface area contributed by atoms with E-state index in [0.29, 0.717) is 13.0 Å². The zero-order chi connectivity index (χ0) is 33.4. The van der Waals surface area contributed by atoms with Crippen LogP contribution in [0.25, 0.3) is 0 Å². The summed E-state index contributed by atoms with van der Waals surface area (Å²) in [6.07, 6.45) is 17.2. The van der Waals surface area contributed by atoms with Gasteiger partial charge in [0.2, 0.25) is 0 Å². The van der Waals surface area contributed by atoms with Gasteiger partial charge < -0.3 is 10.1 Å². The van der Waals surface area contributed by atoms with Crippen LogP contribution in [0.15, 0.2) is 121 Å². The fourth-order valence-corrected chi connectivity index (χ4v) is 7.90. The number of rotatable bonds is 25. The van der Waals surface area contributed by atoms with E-state index in [9.17, 15) is 4.79 Å². The summed E-state index contributed by atoms with van der Waals surface area (Å²) in [6, 6.07) is 42.9. The quantitative estimate of drug-likeness (QED) is 0.0435. The zero-order valence-electron chi connectivity index (χ0n) is 29.0. The van der Waals surface area contributed by atoms with Crippen LogP contribution in [0.5, 0.6) is 0 Å². The lowest BCUT2D eigenvalue weighted by Crippen LogP contribution is -2.28. The molecule has 4 aromatic carbocycles. The van der Waals surface area contributed by atoms with E-state index >= 15 is 0 Å². The highest BCUT2D eigenvalue weighted by molar-refractivity contribution is 8.00. The predicted octanol–water partition coefficient (Wildman–Crippen LogP) is 11.5. The average Bonchev–Trinajstić information content (AvgIpc) is 3.15. The molecule has 4 rings (SSSR count). The number of hydrogen-bond acceptors (Lipinski definition) is 4. The Morgan fingerprint density at radius 1 is 0.500 bits per heavy atom. The Hall–Kier alpha value is -3.34. The molecule has 0 unspecified atom stereocenters. The third-order valence-corrected chi connectivity index (χ3v) is 10.7. The monoisotopic (exact) mass is 663 g/mol. The van der Waals surface area contributed by atoms with Crippen LogP contribution < -0.4 is 5.32 Å². The van der Waals surface area contributed by atoms with E-state index in [0.717, 1.165) is 37.2 Å². The number of hydrogen-bond donors (Lipinski definition) is 1. The summed E-state index contributed by atoms with van der Waals surface area (Å²) >= 11 is 2.04. The first-order valence-electron chi connectivity index (χ1n) is 18.5. The molecule has 0 aliphatic carbocycles. The van der Waals surface area contributed by atoms with Crippen LogP contribution >= 0.6 is 11.8 Å². The molecule has 4 heteroatoms. The number of unbranched alkanes of at least 4 members (excludes halogenated alkanes) is 12. The van der Waals surface area contributed by atoms with Crippen molar-refractivity contribution in [3.8, 4) is 0 Å². The van der Waals surface area contributed by atoms with E-state index in [1.54, 1.807) is 0 Å². The third kappa shape index (κ3) is 13.3. The summed E-state index contributed by atoms with van der Waals surface area (Å²) in [4.78, 5) is 11.9. The summed E-state index contributed by atoms with van der Waals surface area (Å²) in [6.45, 7) is 2.50. The topological polar surface area (TPSA) is 38.3 Å². The molecule has 0 atom stereocenters. The second kappa shape index (κ2) is 23.1. The molecular weight excluding hydrogens is 607 g/mol. The van der Waals surface area contributed by atoms with Crippen molar-refractivity contribution in [1.82, 2.24) is 5.32 Å². The van der Waals surface area contributed by atoms with E-state index in [1.165, 1.54) is 87.3 Å². The van der Waals surface area contributed by atoms with Crippen LogP contribution in [0.1, 0.15) is 112 Å². The van der Waals surface area contributed by atoms with Gasteiger partial charge in [0.1, 0.15) is 6.61 Å². The molecule has 0 aliphatic rings. The van der Waals surface area contributed by atoms with Crippen LogP contribution in [0.4, 0.5) is 0 Å². The molecule has 0 spiro atoms. The van der Waals surface area contributed by atoms with Crippen molar-refractivity contribution in [2.24, 2.45) is 0 Å². The van der Waals surface area contributed by atoms with E-state index in [1.807, 2.05) is 42.1 Å². The molecule has 0 aromatic heterocycles. The molecule has 3 nitrogen and oxygen atoms in total. The SMILES string of the molecule is O=C(CCCCCCCCCCCCCCCNCCSC(c1ccccc1)(c1ccccc1)c1ccccc1)OCc1ccccc1. The molecular formula is C44H57NO2S. The molecule has 0 fully saturated rings. The van der Waals surface area contributed by atoms with Crippen LogP contribution in [0, 0.1) is 0 Å². The highest BCUT2D eigenvalue weighted by atomic mass is 32.2. The molecule has 48 heavy (non-hydrogen) atoms. The molecule has 0 radical (unpaired) electrons. The molecule has 0 saturated carbocycles. The van der Waals surface area contributed by atoms with Gasteiger partial charge in [-0.15, -0.1) is 11.8 Å². The van der Waals surface area contributed by atoms with Gasteiger partial charge >= 0.3 is 5.97 Å².